The monoisotopic (exact) mass is 1350 g/mol. The molecule has 2 heterocycles. The largest absolute Gasteiger partial charge is 0.544 e. The molecule has 10 atom stereocenters. The highest BCUT2D eigenvalue weighted by atomic mass is 31.2. The topological polar surface area (TPSA) is 267 Å². The lowest BCUT2D eigenvalue weighted by Crippen LogP contribution is -2.65. The van der Waals surface area contributed by atoms with Gasteiger partial charge in [0.15, 0.2) is 6.10 Å². The Hall–Kier alpha value is -8.34. The number of amides is 6. The van der Waals surface area contributed by atoms with E-state index in [1.807, 2.05) is 12.1 Å². The van der Waals surface area contributed by atoms with Gasteiger partial charge < -0.3 is 50.1 Å². The molecule has 2 aliphatic rings. The normalized spacial score (nSPS) is 21.9. The van der Waals surface area contributed by atoms with Crippen LogP contribution in [-0.4, -0.2) is 133 Å². The number of carbonyl (C=O) groups excluding carboxylic acids is 7. The molecular weight excluding hydrogens is 1260 g/mol. The van der Waals surface area contributed by atoms with Crippen molar-refractivity contribution in [2.75, 3.05) is 13.7 Å². The molecule has 8 rings (SSSR count). The number of phosphoric acid groups is 1. The van der Waals surface area contributed by atoms with E-state index in [1.165, 1.54) is 18.9 Å². The fraction of sp³-hybridized carbons (Fsp3) is 0.411. The van der Waals surface area contributed by atoms with E-state index >= 15 is 33.6 Å². The number of phosphoric ester groups is 1. The first kappa shape index (κ1) is 73.5. The van der Waals surface area contributed by atoms with Crippen molar-refractivity contribution in [1.29, 1.82) is 0 Å². The zero-order chi connectivity index (χ0) is 69.2. The van der Waals surface area contributed by atoms with Crippen LogP contribution in [0.2, 0.25) is 18.1 Å². The first-order chi connectivity index (χ1) is 45.8. The van der Waals surface area contributed by atoms with E-state index in [2.05, 4.69) is 55.1 Å². The van der Waals surface area contributed by atoms with Crippen molar-refractivity contribution in [3.05, 3.63) is 209 Å². The average Bonchev–Trinajstić information content (AvgIpc) is 0.820. The number of piperidine rings is 1. The van der Waals surface area contributed by atoms with Gasteiger partial charge in [0.25, 0.3) is 5.91 Å². The lowest BCUT2D eigenvalue weighted by atomic mass is 9.95. The molecule has 2 bridgehead atoms. The van der Waals surface area contributed by atoms with Crippen LogP contribution in [-0.2, 0) is 100 Å². The second kappa shape index (κ2) is 34.0. The summed E-state index contributed by atoms with van der Waals surface area (Å²) in [6.45, 7) is 14.1. The maximum Gasteiger partial charge on any atom is 0.475 e. The highest BCUT2D eigenvalue weighted by molar-refractivity contribution is 7.48. The Kier molecular flexibility index (Phi) is 26.1. The fourth-order valence-corrected chi connectivity index (χ4v) is 13.1. The van der Waals surface area contributed by atoms with Crippen LogP contribution in [0.5, 0.6) is 5.75 Å². The highest BCUT2D eigenvalue weighted by Crippen LogP contribution is 2.51. The van der Waals surface area contributed by atoms with E-state index in [0.29, 0.717) is 45.6 Å². The van der Waals surface area contributed by atoms with Crippen molar-refractivity contribution in [1.82, 2.24) is 31.1 Å². The lowest BCUT2D eigenvalue weighted by Gasteiger charge is -2.43. The third kappa shape index (κ3) is 20.4. The molecule has 21 nitrogen and oxygen atoms in total. The van der Waals surface area contributed by atoms with Crippen LogP contribution in [0.15, 0.2) is 176 Å². The summed E-state index contributed by atoms with van der Waals surface area (Å²) in [4.78, 5) is 109. The molecule has 96 heavy (non-hydrogen) atoms. The third-order valence-electron chi connectivity index (χ3n) is 17.9. The second-order valence-electron chi connectivity index (χ2n) is 26.0. The van der Waals surface area contributed by atoms with Crippen LogP contribution in [0.25, 0.3) is 0 Å². The number of aliphatic hydroxyl groups is 1. The van der Waals surface area contributed by atoms with Gasteiger partial charge in [-0.05, 0) is 89.3 Å². The third-order valence-corrected chi connectivity index (χ3v) is 23.6. The number of fused-ring (bicyclic) bond motifs is 2. The number of hydrogen-bond donors (Lipinski definition) is 5. The summed E-state index contributed by atoms with van der Waals surface area (Å²) < 4.78 is 51.6. The molecule has 23 heteroatoms. The van der Waals surface area contributed by atoms with Crippen molar-refractivity contribution < 1.29 is 70.7 Å². The number of cyclic esters (lactones) is 1. The van der Waals surface area contributed by atoms with Crippen molar-refractivity contribution in [2.24, 2.45) is 5.92 Å². The predicted octanol–water partition coefficient (Wildman–Crippen LogP) is 9.31. The maximum atomic E-state index is 15.6. The Morgan fingerprint density at radius 2 is 1.12 bits per heavy atom. The molecule has 3 unspecified atom stereocenters. The minimum Gasteiger partial charge on any atom is -0.544 e. The van der Waals surface area contributed by atoms with E-state index in [4.69, 9.17) is 27.5 Å². The fourth-order valence-electron chi connectivity index (χ4n) is 10.9. The van der Waals surface area contributed by atoms with Crippen molar-refractivity contribution in [3.8, 4) is 5.75 Å². The van der Waals surface area contributed by atoms with Gasteiger partial charge in [-0.1, -0.05) is 205 Å². The van der Waals surface area contributed by atoms with Gasteiger partial charge in [0, 0.05) is 26.3 Å². The summed E-state index contributed by atoms with van der Waals surface area (Å²) in [5.74, 6) is -6.26. The number of hydrogen-bond acceptors (Lipinski definition) is 15. The number of nitrogens with zero attached hydrogens (tertiary/aromatic N) is 2. The number of rotatable bonds is 24. The average molecular weight is 1350 g/mol. The summed E-state index contributed by atoms with van der Waals surface area (Å²) in [6.07, 6.45) is -5.06. The zero-order valence-electron chi connectivity index (χ0n) is 56.1. The Bertz CT molecular complexity index is 3550. The standard InChI is InChI=1S/C73H91N6O15PSi/c1-10-49(2)64-72(87)93-50(3)65(77-68(83)62(89-45-54-30-20-13-21-31-54)48-92-95(88,90-46-55-32-22-14-23-33-55)91-47-56-34-24-15-25-35-56)69(84)75-59(42-51-26-16-11-17-27-51)66(81)74-58-40-41-63(80)79(70(58)85)61(44-52-28-18-12-19-29-52)71(86)78(7)60(67(82)76-64)43-53-36-38-57(39-37-53)94-96(8,9)73(4,5)6/h11-39,49-50,58-65,80H,10,40-48H2,1-9H3,(H,74,81)(H,75,84)(H,76,82)(H,77,83)/t49-,50+,58-,59?,60-,61?,62-,63+,64-,65?/m0/s1. The van der Waals surface area contributed by atoms with Gasteiger partial charge in [-0.15, -0.1) is 0 Å². The first-order valence-corrected chi connectivity index (χ1v) is 37.0. The van der Waals surface area contributed by atoms with Gasteiger partial charge in [0.05, 0.1) is 26.4 Å². The summed E-state index contributed by atoms with van der Waals surface area (Å²) >= 11 is 0. The minimum atomic E-state index is -4.58. The number of carbonyl (C=O) groups is 7. The summed E-state index contributed by atoms with van der Waals surface area (Å²) in [6, 6.07) is 42.4. The van der Waals surface area contributed by atoms with Crippen LogP contribution < -0.4 is 25.7 Å². The number of esters is 1. The number of ether oxygens (including phenoxy) is 2. The second-order valence-corrected chi connectivity index (χ2v) is 32.4. The molecule has 0 aromatic heterocycles. The molecule has 512 valence electrons. The van der Waals surface area contributed by atoms with Crippen LogP contribution >= 0.6 is 7.82 Å². The highest BCUT2D eigenvalue weighted by Gasteiger charge is 2.47. The van der Waals surface area contributed by atoms with Gasteiger partial charge in [0.1, 0.15) is 54.3 Å². The summed E-state index contributed by atoms with van der Waals surface area (Å²) in [5, 5.41) is 23.0. The molecule has 2 saturated heterocycles. The molecule has 6 aromatic carbocycles. The smallest absolute Gasteiger partial charge is 0.475 e. The van der Waals surface area contributed by atoms with E-state index in [9.17, 15) is 9.67 Å². The van der Waals surface area contributed by atoms with Crippen molar-refractivity contribution in [3.63, 3.8) is 0 Å². The van der Waals surface area contributed by atoms with E-state index in [1.54, 1.807) is 178 Å². The molecule has 6 amide bonds. The molecule has 0 aliphatic carbocycles. The Balaban J connectivity index is 1.19. The maximum absolute atomic E-state index is 15.6. The van der Waals surface area contributed by atoms with Crippen LogP contribution in [0.4, 0.5) is 0 Å². The van der Waals surface area contributed by atoms with Gasteiger partial charge >= 0.3 is 13.8 Å². The van der Waals surface area contributed by atoms with Gasteiger partial charge in [0.2, 0.25) is 37.9 Å². The molecule has 0 radical (unpaired) electrons. The van der Waals surface area contributed by atoms with Crippen LogP contribution in [0, 0.1) is 5.92 Å². The molecule has 0 spiro atoms. The predicted molar refractivity (Wildman–Crippen MR) is 364 cm³/mol. The summed E-state index contributed by atoms with van der Waals surface area (Å²) in [5.41, 5.74) is 3.71. The van der Waals surface area contributed by atoms with E-state index < -0.39 is 125 Å². The number of benzene rings is 6. The Morgan fingerprint density at radius 1 is 0.635 bits per heavy atom. The van der Waals surface area contributed by atoms with E-state index in [0.717, 1.165) is 4.90 Å². The van der Waals surface area contributed by atoms with Gasteiger partial charge in [-0.3, -0.25) is 42.3 Å². The number of aliphatic hydroxyl groups excluding tert-OH is 1. The van der Waals surface area contributed by atoms with Crippen LogP contribution in [0.3, 0.4) is 0 Å². The molecule has 2 fully saturated rings. The van der Waals surface area contributed by atoms with Gasteiger partial charge in [-0.25, -0.2) is 9.36 Å². The molecule has 2 aliphatic heterocycles. The molecule has 6 aromatic rings. The lowest BCUT2D eigenvalue weighted by molar-refractivity contribution is -0.165. The Morgan fingerprint density at radius 3 is 1.65 bits per heavy atom. The first-order valence-electron chi connectivity index (χ1n) is 32.6. The SMILES string of the molecule is CC[C@H](C)[C@@H]1NC(=O)[C@H](Cc2ccc(O[Si](C)(C)C(C)(C)C)cc2)N(C)C(=O)C(Cc2ccccc2)N2C(=O)[C@H](CC[C@H]2O)NC(=O)C(Cc2ccccc2)NC(=O)C(NC(=O)[C@H](COP(=O)(OCc2ccccc2)OCc2ccccc2)OCc2ccccc2)[C@@H](C)OC1=O. The quantitative estimate of drug-likeness (QED) is 0.0215. The number of nitrogens with one attached hydrogen (secondary N) is 4. The molecule has 0 saturated carbocycles. The summed E-state index contributed by atoms with van der Waals surface area (Å²) in [7, 11) is -5.44. The van der Waals surface area contributed by atoms with E-state index in [-0.39, 0.29) is 57.0 Å². The minimum absolute atomic E-state index is 0.0763. The van der Waals surface area contributed by atoms with Gasteiger partial charge in [-0.2, -0.15) is 0 Å². The van der Waals surface area contributed by atoms with Crippen molar-refractivity contribution in [2.45, 2.75) is 173 Å². The molecular formula is C73H91N6O15PSi. The van der Waals surface area contributed by atoms with Crippen LogP contribution in [0.1, 0.15) is 94.2 Å². The number of likely N-dealkylation sites (N-methyl/N-ethyl adjacent to an activating group) is 1. The molecule has 5 N–H and O–H groups in total. The zero-order valence-corrected chi connectivity index (χ0v) is 58.0. The Labute approximate surface area is 564 Å². The van der Waals surface area contributed by atoms with Crippen molar-refractivity contribution >= 4 is 57.6 Å².